The van der Waals surface area contributed by atoms with E-state index in [1.54, 1.807) is 6.20 Å². The minimum atomic E-state index is 0.534. The zero-order valence-corrected chi connectivity index (χ0v) is 13.5. The van der Waals surface area contributed by atoms with Crippen molar-refractivity contribution in [3.05, 3.63) is 70.6 Å². The molecule has 4 nitrogen and oxygen atoms in total. The molecule has 2 aromatic heterocycles. The van der Waals surface area contributed by atoms with Crippen molar-refractivity contribution in [2.75, 3.05) is 0 Å². The van der Waals surface area contributed by atoms with E-state index in [4.69, 9.17) is 23.8 Å². The van der Waals surface area contributed by atoms with Crippen LogP contribution in [0.5, 0.6) is 0 Å². The lowest BCUT2D eigenvalue weighted by molar-refractivity contribution is 1.04. The van der Waals surface area contributed by atoms with Gasteiger partial charge < -0.3 is 0 Å². The second-order valence-electron chi connectivity index (χ2n) is 5.04. The molecule has 0 aliphatic heterocycles. The summed E-state index contributed by atoms with van der Waals surface area (Å²) in [5.74, 6) is 0.739. The van der Waals surface area contributed by atoms with Gasteiger partial charge in [-0.15, -0.1) is 0 Å². The van der Waals surface area contributed by atoms with E-state index in [0.29, 0.717) is 9.79 Å². The summed E-state index contributed by atoms with van der Waals surface area (Å²) in [5, 5.41) is 8.96. The predicted octanol–water partition coefficient (Wildman–Crippen LogP) is 4.80. The first-order valence-electron chi connectivity index (χ1n) is 7.01. The summed E-state index contributed by atoms with van der Waals surface area (Å²) in [6.45, 7) is 0. The maximum Gasteiger partial charge on any atom is 0.200 e. The molecule has 112 valence electrons. The van der Waals surface area contributed by atoms with Crippen LogP contribution in [0.3, 0.4) is 0 Å². The molecular weight excluding hydrogens is 328 g/mol. The Bertz CT molecular complexity index is 1040. The molecule has 2 heterocycles. The maximum absolute atomic E-state index is 5.98. The summed E-state index contributed by atoms with van der Waals surface area (Å²) in [6.07, 6.45) is 1.78. The minimum Gasteiger partial charge on any atom is -0.267 e. The first kappa shape index (κ1) is 14.1. The van der Waals surface area contributed by atoms with Crippen LogP contribution in [0.25, 0.3) is 28.0 Å². The van der Waals surface area contributed by atoms with Gasteiger partial charge in [-0.05, 0) is 60.7 Å². The van der Waals surface area contributed by atoms with E-state index in [0.717, 1.165) is 28.0 Å². The van der Waals surface area contributed by atoms with Crippen molar-refractivity contribution in [2.45, 2.75) is 0 Å². The van der Waals surface area contributed by atoms with Crippen molar-refractivity contribution in [3.8, 4) is 17.1 Å². The van der Waals surface area contributed by atoms with E-state index < -0.39 is 0 Å². The Kier molecular flexibility index (Phi) is 3.44. The van der Waals surface area contributed by atoms with E-state index >= 15 is 0 Å². The van der Waals surface area contributed by atoms with E-state index in [2.05, 4.69) is 15.2 Å². The van der Waals surface area contributed by atoms with Gasteiger partial charge in [-0.2, -0.15) is 5.10 Å². The number of pyridine rings is 1. The number of H-pyrrole nitrogens is 1. The van der Waals surface area contributed by atoms with Crippen LogP contribution in [0.15, 0.2) is 60.8 Å². The molecule has 0 bridgehead atoms. The molecule has 0 radical (unpaired) electrons. The highest BCUT2D eigenvalue weighted by atomic mass is 35.5. The van der Waals surface area contributed by atoms with Crippen molar-refractivity contribution in [2.24, 2.45) is 0 Å². The van der Waals surface area contributed by atoms with E-state index in [1.165, 1.54) is 0 Å². The molecule has 0 aliphatic rings. The summed E-state index contributed by atoms with van der Waals surface area (Å²) in [7, 11) is 0. The molecule has 0 fully saturated rings. The summed E-state index contributed by atoms with van der Waals surface area (Å²) in [4.78, 5) is 4.40. The van der Waals surface area contributed by atoms with Crippen LogP contribution < -0.4 is 0 Å². The lowest BCUT2D eigenvalue weighted by Gasteiger charge is -2.10. The molecule has 4 rings (SSSR count). The highest BCUT2D eigenvalue weighted by Crippen LogP contribution is 2.27. The zero-order valence-electron chi connectivity index (χ0n) is 11.9. The first-order valence-corrected chi connectivity index (χ1v) is 7.80. The number of benzene rings is 2. The lowest BCUT2D eigenvalue weighted by Crippen LogP contribution is -1.99. The van der Waals surface area contributed by atoms with Gasteiger partial charge in [0.15, 0.2) is 10.6 Å². The summed E-state index contributed by atoms with van der Waals surface area (Å²) in [6, 6.07) is 17.4. The molecule has 4 aromatic rings. The van der Waals surface area contributed by atoms with Gasteiger partial charge >= 0.3 is 0 Å². The van der Waals surface area contributed by atoms with Crippen molar-refractivity contribution in [1.29, 1.82) is 0 Å². The highest BCUT2D eigenvalue weighted by molar-refractivity contribution is 7.71. The number of hydrogen-bond acceptors (Lipinski definition) is 3. The number of nitrogens with one attached hydrogen (secondary N) is 1. The molecule has 1 N–H and O–H groups in total. The average molecular weight is 339 g/mol. The standard InChI is InChI=1S/C17H11ClN4S/c18-12-8-6-11(7-9-12)16-20-21-17(23)22(16)15-5-1-4-14-13(15)3-2-10-19-14/h1-10H,(H,21,23). The largest absolute Gasteiger partial charge is 0.267 e. The minimum absolute atomic E-state index is 0.534. The van der Waals surface area contributed by atoms with Gasteiger partial charge in [0.1, 0.15) is 0 Å². The number of aromatic amines is 1. The highest BCUT2D eigenvalue weighted by Gasteiger charge is 2.13. The lowest BCUT2D eigenvalue weighted by atomic mass is 10.1. The Balaban J connectivity index is 2.01. The number of nitrogens with zero attached hydrogens (tertiary/aromatic N) is 3. The van der Waals surface area contributed by atoms with Gasteiger partial charge in [0, 0.05) is 22.2 Å². The summed E-state index contributed by atoms with van der Waals surface area (Å²) in [5.41, 5.74) is 2.79. The normalized spacial score (nSPS) is 11.0. The number of aromatic nitrogens is 4. The van der Waals surface area contributed by atoms with E-state index in [9.17, 15) is 0 Å². The van der Waals surface area contributed by atoms with Crippen molar-refractivity contribution in [3.63, 3.8) is 0 Å². The first-order chi connectivity index (χ1) is 11.2. The van der Waals surface area contributed by atoms with E-state index in [1.807, 2.05) is 59.2 Å². The molecule has 0 atom stereocenters. The smallest absolute Gasteiger partial charge is 0.200 e. The quantitative estimate of drug-likeness (QED) is 0.534. The molecular formula is C17H11ClN4S. The molecule has 0 aliphatic carbocycles. The second kappa shape index (κ2) is 5.61. The van der Waals surface area contributed by atoms with Gasteiger partial charge in [-0.25, -0.2) is 0 Å². The molecule has 0 spiro atoms. The van der Waals surface area contributed by atoms with Gasteiger partial charge in [0.2, 0.25) is 0 Å². The Morgan fingerprint density at radius 1 is 1.00 bits per heavy atom. The SMILES string of the molecule is S=c1[nH]nc(-c2ccc(Cl)cc2)n1-c1cccc2ncccc12. The number of fused-ring (bicyclic) bond motifs is 1. The number of rotatable bonds is 2. The van der Waals surface area contributed by atoms with Crippen LogP contribution in [-0.4, -0.2) is 19.7 Å². The Morgan fingerprint density at radius 2 is 1.83 bits per heavy atom. The molecule has 0 amide bonds. The van der Waals surface area contributed by atoms with Crippen molar-refractivity contribution in [1.82, 2.24) is 19.7 Å². The van der Waals surface area contributed by atoms with Crippen LogP contribution in [0.4, 0.5) is 0 Å². The third-order valence-corrected chi connectivity index (χ3v) is 4.16. The molecule has 6 heteroatoms. The van der Waals surface area contributed by atoms with Crippen LogP contribution in [-0.2, 0) is 0 Å². The van der Waals surface area contributed by atoms with Gasteiger partial charge in [-0.1, -0.05) is 17.7 Å². The monoisotopic (exact) mass is 338 g/mol. The Labute approximate surface area is 142 Å². The third-order valence-electron chi connectivity index (χ3n) is 3.64. The Morgan fingerprint density at radius 3 is 2.65 bits per heavy atom. The predicted molar refractivity (Wildman–Crippen MR) is 94.5 cm³/mol. The fourth-order valence-corrected chi connectivity index (χ4v) is 2.95. The molecule has 23 heavy (non-hydrogen) atoms. The summed E-state index contributed by atoms with van der Waals surface area (Å²) >= 11 is 11.4. The van der Waals surface area contributed by atoms with Crippen LogP contribution in [0.2, 0.25) is 5.02 Å². The molecule has 0 unspecified atom stereocenters. The topological polar surface area (TPSA) is 46.5 Å². The third kappa shape index (κ3) is 2.44. The van der Waals surface area contributed by atoms with Gasteiger partial charge in [0.25, 0.3) is 0 Å². The second-order valence-corrected chi connectivity index (χ2v) is 5.87. The van der Waals surface area contributed by atoms with Crippen molar-refractivity contribution < 1.29 is 0 Å². The zero-order chi connectivity index (χ0) is 15.8. The Hall–Kier alpha value is -2.50. The van der Waals surface area contributed by atoms with Crippen LogP contribution >= 0.6 is 23.8 Å². The van der Waals surface area contributed by atoms with Gasteiger partial charge in [0.05, 0.1) is 11.2 Å². The van der Waals surface area contributed by atoms with Gasteiger partial charge in [-0.3, -0.25) is 14.6 Å². The van der Waals surface area contributed by atoms with Crippen LogP contribution in [0.1, 0.15) is 0 Å². The van der Waals surface area contributed by atoms with Crippen molar-refractivity contribution >= 4 is 34.7 Å². The fraction of sp³-hybridized carbons (Fsp3) is 0. The summed E-state index contributed by atoms with van der Waals surface area (Å²) < 4.78 is 2.45. The number of hydrogen-bond donors (Lipinski definition) is 1. The molecule has 0 saturated carbocycles. The molecule has 2 aromatic carbocycles. The average Bonchev–Trinajstić information content (AvgIpc) is 2.96. The van der Waals surface area contributed by atoms with E-state index in [-0.39, 0.29) is 0 Å². The fourth-order valence-electron chi connectivity index (χ4n) is 2.60. The number of halogens is 1. The van der Waals surface area contributed by atoms with Crippen LogP contribution in [0, 0.1) is 4.77 Å². The maximum atomic E-state index is 5.98. The molecule has 0 saturated heterocycles.